The Morgan fingerprint density at radius 3 is 2.33 bits per heavy atom. The quantitative estimate of drug-likeness (QED) is 0.353. The molecule has 0 radical (unpaired) electrons. The molecule has 1 saturated heterocycles. The molecule has 3 amide bonds. The number of halogens is 3. The number of imide groups is 1. The first-order chi connectivity index (χ1) is 20.0. The van der Waals surface area contributed by atoms with Gasteiger partial charge in [0, 0.05) is 47.9 Å². The lowest BCUT2D eigenvalue weighted by molar-refractivity contribution is -0.186. The molecule has 5 fully saturated rings. The second-order valence-electron chi connectivity index (χ2n) is 14.4. The van der Waals surface area contributed by atoms with Gasteiger partial charge < -0.3 is 15.5 Å². The van der Waals surface area contributed by atoms with Crippen molar-refractivity contribution < 1.29 is 27.6 Å². The van der Waals surface area contributed by atoms with Gasteiger partial charge in [-0.15, -0.1) is 0 Å². The third-order valence-corrected chi connectivity index (χ3v) is 11.6. The lowest BCUT2D eigenvalue weighted by Gasteiger charge is -2.57. The van der Waals surface area contributed by atoms with Crippen molar-refractivity contribution in [1.29, 1.82) is 0 Å². The van der Waals surface area contributed by atoms with Crippen LogP contribution >= 0.6 is 0 Å². The van der Waals surface area contributed by atoms with E-state index in [0.29, 0.717) is 29.9 Å². The minimum atomic E-state index is -4.14. The predicted octanol–water partition coefficient (Wildman–Crippen LogP) is 5.44. The summed E-state index contributed by atoms with van der Waals surface area (Å²) in [6.45, 7) is 0.327. The van der Waals surface area contributed by atoms with Gasteiger partial charge in [-0.1, -0.05) is 12.5 Å². The first kappa shape index (κ1) is 28.2. The van der Waals surface area contributed by atoms with Crippen LogP contribution in [-0.4, -0.2) is 53.0 Å². The summed E-state index contributed by atoms with van der Waals surface area (Å²) in [5.74, 6) is -0.270. The Hall–Kier alpha value is -2.62. The van der Waals surface area contributed by atoms with Gasteiger partial charge in [-0.2, -0.15) is 13.2 Å². The molecule has 1 aromatic rings. The summed E-state index contributed by atoms with van der Waals surface area (Å²) in [6, 6.07) is 5.12. The predicted molar refractivity (Wildman–Crippen MR) is 150 cm³/mol. The molecule has 7 rings (SSSR count). The van der Waals surface area contributed by atoms with E-state index in [1.54, 1.807) is 4.90 Å². The highest BCUT2D eigenvalue weighted by molar-refractivity contribution is 6.06. The van der Waals surface area contributed by atoms with Crippen LogP contribution in [0.5, 0.6) is 0 Å². The second kappa shape index (κ2) is 9.96. The van der Waals surface area contributed by atoms with Crippen molar-refractivity contribution in [1.82, 2.24) is 15.5 Å². The molecule has 7 nitrogen and oxygen atoms in total. The van der Waals surface area contributed by atoms with Gasteiger partial charge in [0.05, 0.1) is 5.41 Å². The summed E-state index contributed by atoms with van der Waals surface area (Å²) in [6.07, 6.45) is 7.75. The number of anilines is 1. The molecule has 2 heterocycles. The van der Waals surface area contributed by atoms with Crippen molar-refractivity contribution >= 4 is 23.4 Å². The highest BCUT2D eigenvalue weighted by Crippen LogP contribution is 2.61. The molecule has 2 aliphatic heterocycles. The van der Waals surface area contributed by atoms with Crippen LogP contribution in [0.15, 0.2) is 18.2 Å². The van der Waals surface area contributed by atoms with E-state index in [-0.39, 0.29) is 49.2 Å². The first-order valence-corrected chi connectivity index (χ1v) is 15.8. The van der Waals surface area contributed by atoms with Crippen molar-refractivity contribution in [3.8, 4) is 0 Å². The van der Waals surface area contributed by atoms with Gasteiger partial charge in [-0.25, -0.2) is 0 Å². The molecule has 1 aromatic carbocycles. The van der Waals surface area contributed by atoms with Gasteiger partial charge >= 0.3 is 6.18 Å². The van der Waals surface area contributed by atoms with Gasteiger partial charge in [-0.3, -0.25) is 19.7 Å². The van der Waals surface area contributed by atoms with Gasteiger partial charge in [0.2, 0.25) is 11.8 Å². The molecule has 228 valence electrons. The van der Waals surface area contributed by atoms with Gasteiger partial charge in [0.25, 0.3) is 5.91 Å². The third kappa shape index (κ3) is 4.91. The van der Waals surface area contributed by atoms with E-state index < -0.39 is 23.5 Å². The lowest BCUT2D eigenvalue weighted by atomic mass is 9.50. The summed E-state index contributed by atoms with van der Waals surface area (Å²) in [5, 5.41) is 9.56. The molecular formula is C32H41F3N4O3. The number of nitrogens with zero attached hydrogens (tertiary/aromatic N) is 1. The number of carbonyl (C=O) groups is 3. The maximum Gasteiger partial charge on any atom is 0.395 e. The van der Waals surface area contributed by atoms with Crippen molar-refractivity contribution in [3.63, 3.8) is 0 Å². The number of benzene rings is 1. The summed E-state index contributed by atoms with van der Waals surface area (Å²) in [7, 11) is 0. The standard InChI is InChI=1S/C32H41F3N4O3/c33-32(34,35)30(13-14-30)19-36-21-7-11-31(12-8-21,17-20-15-29(16-20)9-2-10-29)38-24-4-1-3-22-23(24)18-39(28(22)42)25-5-6-26(40)37-27(25)41/h1,3-4,20-21,25,36,38H,2,5-19H2,(H,37,40,41). The summed E-state index contributed by atoms with van der Waals surface area (Å²) >= 11 is 0. The van der Waals surface area contributed by atoms with Gasteiger partial charge in [0.1, 0.15) is 6.04 Å². The minimum Gasteiger partial charge on any atom is -0.379 e. The summed E-state index contributed by atoms with van der Waals surface area (Å²) in [4.78, 5) is 39.3. The van der Waals surface area contributed by atoms with E-state index in [0.717, 1.165) is 43.4 Å². The molecule has 3 N–H and O–H groups in total. The maximum atomic E-state index is 13.5. The van der Waals surface area contributed by atoms with Crippen molar-refractivity contribution in [3.05, 3.63) is 29.3 Å². The Morgan fingerprint density at radius 1 is 0.976 bits per heavy atom. The third-order valence-electron chi connectivity index (χ3n) is 11.6. The van der Waals surface area contributed by atoms with Gasteiger partial charge in [-0.05, 0) is 101 Å². The van der Waals surface area contributed by atoms with Crippen LogP contribution in [0.3, 0.4) is 0 Å². The fourth-order valence-corrected chi connectivity index (χ4v) is 8.74. The van der Waals surface area contributed by atoms with Crippen LogP contribution in [0.1, 0.15) is 106 Å². The molecule has 0 bridgehead atoms. The van der Waals surface area contributed by atoms with E-state index in [9.17, 15) is 27.6 Å². The number of alkyl halides is 3. The van der Waals surface area contributed by atoms with Crippen LogP contribution in [-0.2, 0) is 16.1 Å². The zero-order chi connectivity index (χ0) is 29.3. The molecule has 1 spiro atoms. The number of hydrogen-bond donors (Lipinski definition) is 3. The molecule has 1 atom stereocenters. The molecule has 4 aliphatic carbocycles. The molecule has 10 heteroatoms. The average molecular weight is 587 g/mol. The fraction of sp³-hybridized carbons (Fsp3) is 0.719. The maximum absolute atomic E-state index is 13.5. The van der Waals surface area contributed by atoms with Gasteiger partial charge in [0.15, 0.2) is 0 Å². The highest BCUT2D eigenvalue weighted by Gasteiger charge is 2.63. The first-order valence-electron chi connectivity index (χ1n) is 15.8. The lowest BCUT2D eigenvalue weighted by Crippen LogP contribution is -2.52. The summed E-state index contributed by atoms with van der Waals surface area (Å²) in [5.41, 5.74) is 1.23. The van der Waals surface area contributed by atoms with E-state index in [4.69, 9.17) is 0 Å². The molecule has 4 saturated carbocycles. The van der Waals surface area contributed by atoms with Crippen LogP contribution in [0.4, 0.5) is 18.9 Å². The monoisotopic (exact) mass is 586 g/mol. The number of fused-ring (bicyclic) bond motifs is 1. The number of rotatable bonds is 8. The zero-order valence-electron chi connectivity index (χ0n) is 24.1. The second-order valence-corrected chi connectivity index (χ2v) is 14.4. The van der Waals surface area contributed by atoms with Crippen molar-refractivity contribution in [2.45, 2.75) is 120 Å². The number of piperidine rings is 1. The Kier molecular flexibility index (Phi) is 6.68. The van der Waals surface area contributed by atoms with Crippen molar-refractivity contribution in [2.75, 3.05) is 11.9 Å². The highest BCUT2D eigenvalue weighted by atomic mass is 19.4. The Balaban J connectivity index is 1.07. The molecular weight excluding hydrogens is 545 g/mol. The zero-order valence-corrected chi connectivity index (χ0v) is 24.1. The molecule has 1 unspecified atom stereocenters. The molecule has 0 aromatic heterocycles. The SMILES string of the molecule is O=C1CCC(N2Cc3c(NC4(CC5CC6(CCC6)C5)CCC(NCC5(C(F)(F)F)CC5)CC4)cccc3C2=O)C(=O)N1. The molecule has 6 aliphatic rings. The van der Waals surface area contributed by atoms with Crippen LogP contribution in [0, 0.1) is 16.7 Å². The van der Waals surface area contributed by atoms with Crippen LogP contribution in [0.25, 0.3) is 0 Å². The fourth-order valence-electron chi connectivity index (χ4n) is 8.74. The normalized spacial score (nSPS) is 31.8. The van der Waals surface area contributed by atoms with Crippen molar-refractivity contribution in [2.24, 2.45) is 16.7 Å². The van der Waals surface area contributed by atoms with E-state index >= 15 is 0 Å². The van der Waals surface area contributed by atoms with E-state index in [2.05, 4.69) is 16.0 Å². The van der Waals surface area contributed by atoms with E-state index in [1.807, 2.05) is 18.2 Å². The largest absolute Gasteiger partial charge is 0.395 e. The molecule has 42 heavy (non-hydrogen) atoms. The minimum absolute atomic E-state index is 0.0111. The summed E-state index contributed by atoms with van der Waals surface area (Å²) < 4.78 is 40.5. The average Bonchev–Trinajstić information content (AvgIpc) is 3.63. The number of nitrogens with one attached hydrogen (secondary N) is 3. The Bertz CT molecular complexity index is 1270. The smallest absolute Gasteiger partial charge is 0.379 e. The van der Waals surface area contributed by atoms with Crippen LogP contribution < -0.4 is 16.0 Å². The Morgan fingerprint density at radius 2 is 1.71 bits per heavy atom. The van der Waals surface area contributed by atoms with E-state index in [1.165, 1.54) is 32.1 Å². The number of amides is 3. The topological polar surface area (TPSA) is 90.5 Å². The van der Waals surface area contributed by atoms with Crippen LogP contribution in [0.2, 0.25) is 0 Å². The number of carbonyl (C=O) groups excluding carboxylic acids is 3. The Labute approximate surface area is 244 Å². The number of hydrogen-bond acceptors (Lipinski definition) is 5.